The lowest BCUT2D eigenvalue weighted by molar-refractivity contribution is -0.247. The van der Waals surface area contributed by atoms with Crippen LogP contribution < -0.4 is 4.18 Å². The standard InChI is InChI=1S/C16H20F6O6S2/c1-5-12(13(2,3)4)10-6-8-11(9-7-10)28-30(26,27)16(21,22)14(17,18)15(19,20)29(23,24)25/h6-9,12H,5H2,1-4H3,(H,23,24,25). The van der Waals surface area contributed by atoms with Gasteiger partial charge in [-0.1, -0.05) is 39.8 Å². The van der Waals surface area contributed by atoms with Gasteiger partial charge in [0.15, 0.2) is 0 Å². The Morgan fingerprint density at radius 2 is 1.33 bits per heavy atom. The molecule has 1 aromatic carbocycles. The minimum Gasteiger partial charge on any atom is -0.378 e. The summed E-state index contributed by atoms with van der Waals surface area (Å²) in [6, 6.07) is 4.29. The minimum atomic E-state index is -7.09. The zero-order chi connectivity index (χ0) is 24.0. The highest BCUT2D eigenvalue weighted by molar-refractivity contribution is 7.88. The summed E-state index contributed by atoms with van der Waals surface area (Å²) >= 11 is 0. The van der Waals surface area contributed by atoms with E-state index >= 15 is 0 Å². The summed E-state index contributed by atoms with van der Waals surface area (Å²) in [5.74, 6) is -8.00. The molecule has 14 heteroatoms. The van der Waals surface area contributed by atoms with Crippen LogP contribution in [0.5, 0.6) is 5.75 Å². The molecule has 1 rings (SSSR count). The first-order valence-electron chi connectivity index (χ1n) is 8.28. The van der Waals surface area contributed by atoms with Crippen molar-refractivity contribution in [2.24, 2.45) is 5.41 Å². The van der Waals surface area contributed by atoms with Crippen LogP contribution in [-0.4, -0.2) is 37.8 Å². The molecule has 0 aliphatic carbocycles. The van der Waals surface area contributed by atoms with Crippen LogP contribution in [0, 0.1) is 5.41 Å². The van der Waals surface area contributed by atoms with E-state index in [9.17, 15) is 43.2 Å². The second kappa shape index (κ2) is 7.86. The molecule has 0 bridgehead atoms. The molecule has 0 radical (unpaired) electrons. The Hall–Kier alpha value is -1.54. The lowest BCUT2D eigenvalue weighted by Crippen LogP contribution is -2.61. The Balaban J connectivity index is 3.31. The normalized spacial score (nSPS) is 15.7. The Morgan fingerprint density at radius 1 is 0.900 bits per heavy atom. The maximum atomic E-state index is 13.8. The van der Waals surface area contributed by atoms with Gasteiger partial charge in [0, 0.05) is 0 Å². The van der Waals surface area contributed by atoms with Gasteiger partial charge in [-0.3, -0.25) is 4.55 Å². The van der Waals surface area contributed by atoms with Crippen molar-refractivity contribution in [3.05, 3.63) is 29.8 Å². The number of alkyl halides is 6. The molecule has 1 unspecified atom stereocenters. The molecule has 0 aliphatic rings. The Bertz CT molecular complexity index is 966. The third kappa shape index (κ3) is 4.54. The Labute approximate surface area is 170 Å². The van der Waals surface area contributed by atoms with Gasteiger partial charge >= 0.3 is 36.7 Å². The van der Waals surface area contributed by atoms with Crippen molar-refractivity contribution in [3.63, 3.8) is 0 Å². The lowest BCUT2D eigenvalue weighted by Gasteiger charge is -2.30. The molecule has 0 amide bonds. The predicted molar refractivity (Wildman–Crippen MR) is 94.9 cm³/mol. The van der Waals surface area contributed by atoms with Crippen molar-refractivity contribution < 1.29 is 51.9 Å². The maximum Gasteiger partial charge on any atom is 0.450 e. The van der Waals surface area contributed by atoms with Crippen molar-refractivity contribution in [2.75, 3.05) is 0 Å². The fraction of sp³-hybridized carbons (Fsp3) is 0.625. The van der Waals surface area contributed by atoms with E-state index in [1.54, 1.807) is 0 Å². The summed E-state index contributed by atoms with van der Waals surface area (Å²) < 4.78 is 137. The summed E-state index contributed by atoms with van der Waals surface area (Å²) in [4.78, 5) is 0. The SMILES string of the molecule is CCC(c1ccc(OS(=O)(=O)C(F)(F)C(F)(F)C(F)(F)S(=O)(=O)O)cc1)C(C)(C)C. The predicted octanol–water partition coefficient (Wildman–Crippen LogP) is 4.64. The van der Waals surface area contributed by atoms with Gasteiger partial charge in [0.25, 0.3) is 0 Å². The largest absolute Gasteiger partial charge is 0.450 e. The average Bonchev–Trinajstić information content (AvgIpc) is 2.54. The molecule has 1 aromatic rings. The van der Waals surface area contributed by atoms with Crippen LogP contribution in [0.4, 0.5) is 26.3 Å². The van der Waals surface area contributed by atoms with Gasteiger partial charge in [0.2, 0.25) is 0 Å². The van der Waals surface area contributed by atoms with E-state index in [-0.39, 0.29) is 11.3 Å². The highest BCUT2D eigenvalue weighted by Crippen LogP contribution is 2.51. The number of hydrogen-bond donors (Lipinski definition) is 1. The van der Waals surface area contributed by atoms with Crippen molar-refractivity contribution in [1.82, 2.24) is 0 Å². The number of benzene rings is 1. The molecule has 1 N–H and O–H groups in total. The average molecular weight is 486 g/mol. The molecule has 0 spiro atoms. The maximum absolute atomic E-state index is 13.8. The van der Waals surface area contributed by atoms with Gasteiger partial charge in [-0.05, 0) is 35.4 Å². The van der Waals surface area contributed by atoms with Crippen LogP contribution in [0.15, 0.2) is 24.3 Å². The molecule has 0 fully saturated rings. The zero-order valence-corrected chi connectivity index (χ0v) is 17.8. The summed E-state index contributed by atoms with van der Waals surface area (Å²) in [6.07, 6.45) is 0.650. The first-order chi connectivity index (χ1) is 13.1. The summed E-state index contributed by atoms with van der Waals surface area (Å²) in [6.45, 7) is 7.60. The fourth-order valence-corrected chi connectivity index (χ4v) is 4.20. The van der Waals surface area contributed by atoms with Crippen LogP contribution in [0.1, 0.15) is 45.6 Å². The number of hydrogen-bond acceptors (Lipinski definition) is 5. The zero-order valence-electron chi connectivity index (χ0n) is 16.2. The highest BCUT2D eigenvalue weighted by atomic mass is 32.2. The smallest absolute Gasteiger partial charge is 0.378 e. The van der Waals surface area contributed by atoms with Crippen molar-refractivity contribution in [3.8, 4) is 5.75 Å². The fourth-order valence-electron chi connectivity index (χ4n) is 2.77. The first-order valence-corrected chi connectivity index (χ1v) is 11.1. The molecule has 174 valence electrons. The van der Waals surface area contributed by atoms with E-state index in [0.717, 1.165) is 12.1 Å². The second-order valence-electron chi connectivity index (χ2n) is 7.52. The molecule has 0 aromatic heterocycles. The van der Waals surface area contributed by atoms with Crippen molar-refractivity contribution in [1.29, 1.82) is 0 Å². The van der Waals surface area contributed by atoms with E-state index in [1.807, 2.05) is 27.7 Å². The molecule has 6 nitrogen and oxygen atoms in total. The minimum absolute atomic E-state index is 0.0533. The van der Waals surface area contributed by atoms with Crippen molar-refractivity contribution in [2.45, 2.75) is 56.5 Å². The molecule has 0 saturated heterocycles. The topological polar surface area (TPSA) is 97.7 Å². The van der Waals surface area contributed by atoms with Gasteiger partial charge in [-0.15, -0.1) is 0 Å². The molecule has 0 saturated carbocycles. The monoisotopic (exact) mass is 486 g/mol. The van der Waals surface area contributed by atoms with E-state index < -0.39 is 42.4 Å². The van der Waals surface area contributed by atoms with E-state index in [2.05, 4.69) is 4.18 Å². The molecule has 1 atom stereocenters. The van der Waals surface area contributed by atoms with Crippen LogP contribution in [-0.2, 0) is 20.2 Å². The van der Waals surface area contributed by atoms with Gasteiger partial charge < -0.3 is 4.18 Å². The molecular weight excluding hydrogens is 466 g/mol. The van der Waals surface area contributed by atoms with Gasteiger partial charge in [0.1, 0.15) is 5.75 Å². The van der Waals surface area contributed by atoms with Crippen LogP contribution >= 0.6 is 0 Å². The Morgan fingerprint density at radius 3 is 1.67 bits per heavy atom. The third-order valence-electron chi connectivity index (χ3n) is 4.31. The van der Waals surface area contributed by atoms with Gasteiger partial charge in [-0.25, -0.2) is 0 Å². The van der Waals surface area contributed by atoms with Crippen molar-refractivity contribution >= 4 is 20.2 Å². The third-order valence-corrected chi connectivity index (χ3v) is 6.51. The molecule has 0 heterocycles. The summed E-state index contributed by atoms with van der Waals surface area (Å²) in [7, 11) is -13.9. The van der Waals surface area contributed by atoms with Gasteiger partial charge in [0.05, 0.1) is 0 Å². The number of halogens is 6. The van der Waals surface area contributed by atoms with Crippen LogP contribution in [0.25, 0.3) is 0 Å². The van der Waals surface area contributed by atoms with E-state index in [1.165, 1.54) is 12.1 Å². The summed E-state index contributed by atoms with van der Waals surface area (Å²) in [5, 5.41) is -13.5. The van der Waals surface area contributed by atoms with E-state index in [0.29, 0.717) is 12.0 Å². The first kappa shape index (κ1) is 26.5. The number of rotatable bonds is 8. The molecular formula is C16H20F6O6S2. The lowest BCUT2D eigenvalue weighted by atomic mass is 9.75. The highest BCUT2D eigenvalue weighted by Gasteiger charge is 2.83. The van der Waals surface area contributed by atoms with Gasteiger partial charge in [-0.2, -0.15) is 43.2 Å². The Kier molecular flexibility index (Phi) is 6.94. The van der Waals surface area contributed by atoms with Crippen LogP contribution in [0.3, 0.4) is 0 Å². The summed E-state index contributed by atoms with van der Waals surface area (Å²) in [5.41, 5.74) is 0.407. The van der Waals surface area contributed by atoms with Crippen LogP contribution in [0.2, 0.25) is 0 Å². The molecule has 30 heavy (non-hydrogen) atoms. The quantitative estimate of drug-likeness (QED) is 0.327. The molecule has 0 aliphatic heterocycles. The second-order valence-corrected chi connectivity index (χ2v) is 10.6. The van der Waals surface area contributed by atoms with E-state index in [4.69, 9.17) is 4.55 Å².